The highest BCUT2D eigenvalue weighted by Crippen LogP contribution is 2.14. The van der Waals surface area contributed by atoms with Crippen LogP contribution in [-0.4, -0.2) is 30.1 Å². The number of nitrogens with one attached hydrogen (secondary N) is 2. The van der Waals surface area contributed by atoms with Gasteiger partial charge in [0.25, 0.3) is 11.8 Å². The zero-order valence-corrected chi connectivity index (χ0v) is 13.3. The van der Waals surface area contributed by atoms with Crippen molar-refractivity contribution in [1.29, 1.82) is 0 Å². The predicted octanol–water partition coefficient (Wildman–Crippen LogP) is 2.42. The van der Waals surface area contributed by atoms with E-state index < -0.39 is 0 Å². The molecule has 0 aliphatic heterocycles. The van der Waals surface area contributed by atoms with Crippen molar-refractivity contribution in [2.75, 3.05) is 18.5 Å². The summed E-state index contributed by atoms with van der Waals surface area (Å²) < 4.78 is 0.905. The third kappa shape index (κ3) is 4.41. The van der Waals surface area contributed by atoms with Crippen molar-refractivity contribution in [3.8, 4) is 0 Å². The number of benzene rings is 2. The molecule has 22 heavy (non-hydrogen) atoms. The van der Waals surface area contributed by atoms with E-state index in [1.165, 1.54) is 0 Å². The summed E-state index contributed by atoms with van der Waals surface area (Å²) in [4.78, 5) is 23.7. The van der Waals surface area contributed by atoms with Crippen molar-refractivity contribution in [3.05, 3.63) is 64.1 Å². The fraction of sp³-hybridized carbons (Fsp3) is 0.125. The molecule has 0 saturated heterocycles. The van der Waals surface area contributed by atoms with E-state index in [1.807, 2.05) is 0 Å². The minimum Gasteiger partial charge on any atom is -0.395 e. The van der Waals surface area contributed by atoms with Crippen molar-refractivity contribution in [3.63, 3.8) is 0 Å². The van der Waals surface area contributed by atoms with Crippen LogP contribution in [0.2, 0.25) is 0 Å². The summed E-state index contributed by atoms with van der Waals surface area (Å²) in [7, 11) is 0. The zero-order chi connectivity index (χ0) is 15.9. The van der Waals surface area contributed by atoms with Gasteiger partial charge in [0.2, 0.25) is 0 Å². The van der Waals surface area contributed by atoms with Gasteiger partial charge >= 0.3 is 0 Å². The Morgan fingerprint density at radius 1 is 0.909 bits per heavy atom. The fourth-order valence-electron chi connectivity index (χ4n) is 1.78. The molecule has 2 aromatic carbocycles. The summed E-state index contributed by atoms with van der Waals surface area (Å²) in [6.45, 7) is 0.105. The molecule has 0 aliphatic carbocycles. The molecule has 0 unspecified atom stereocenters. The van der Waals surface area contributed by atoms with Crippen molar-refractivity contribution >= 4 is 33.4 Å². The molecule has 5 nitrogen and oxygen atoms in total. The lowest BCUT2D eigenvalue weighted by Gasteiger charge is -2.07. The van der Waals surface area contributed by atoms with E-state index in [4.69, 9.17) is 5.11 Å². The van der Waals surface area contributed by atoms with Gasteiger partial charge in [-0.25, -0.2) is 0 Å². The van der Waals surface area contributed by atoms with Crippen LogP contribution in [0.25, 0.3) is 0 Å². The Balaban J connectivity index is 2.00. The number of amides is 2. The maximum Gasteiger partial charge on any atom is 0.255 e. The predicted molar refractivity (Wildman–Crippen MR) is 88.0 cm³/mol. The van der Waals surface area contributed by atoms with Crippen LogP contribution < -0.4 is 10.6 Å². The minimum absolute atomic E-state index is 0.104. The lowest BCUT2D eigenvalue weighted by Crippen LogP contribution is -2.26. The normalized spacial score (nSPS) is 10.1. The Morgan fingerprint density at radius 2 is 1.45 bits per heavy atom. The molecule has 2 amide bonds. The van der Waals surface area contributed by atoms with Gasteiger partial charge in [0.1, 0.15) is 0 Å². The van der Waals surface area contributed by atoms with E-state index in [0.29, 0.717) is 16.8 Å². The van der Waals surface area contributed by atoms with E-state index in [-0.39, 0.29) is 25.0 Å². The van der Waals surface area contributed by atoms with E-state index in [1.54, 1.807) is 48.5 Å². The van der Waals surface area contributed by atoms with Crippen LogP contribution in [0.3, 0.4) is 0 Å². The number of hydrogen-bond donors (Lipinski definition) is 3. The maximum absolute atomic E-state index is 12.1. The minimum atomic E-state index is -0.264. The molecule has 2 rings (SSSR count). The molecule has 114 valence electrons. The summed E-state index contributed by atoms with van der Waals surface area (Å²) in [6, 6.07) is 13.6. The van der Waals surface area contributed by atoms with Crippen LogP contribution in [-0.2, 0) is 0 Å². The maximum atomic E-state index is 12.1. The van der Waals surface area contributed by atoms with Crippen LogP contribution in [0.1, 0.15) is 20.7 Å². The summed E-state index contributed by atoms with van der Waals surface area (Å²) >= 11 is 3.32. The monoisotopic (exact) mass is 362 g/mol. The average Bonchev–Trinajstić information content (AvgIpc) is 2.54. The number of halogens is 1. The van der Waals surface area contributed by atoms with Gasteiger partial charge in [0.15, 0.2) is 0 Å². The van der Waals surface area contributed by atoms with Crippen LogP contribution in [0.4, 0.5) is 5.69 Å². The summed E-state index contributed by atoms with van der Waals surface area (Å²) in [5, 5.41) is 14.0. The highest BCUT2D eigenvalue weighted by Gasteiger charge is 2.07. The fourth-order valence-corrected chi connectivity index (χ4v) is 2.05. The second-order valence-electron chi connectivity index (χ2n) is 4.52. The Labute approximate surface area is 136 Å². The Bertz CT molecular complexity index is 654. The van der Waals surface area contributed by atoms with Gasteiger partial charge in [-0.2, -0.15) is 0 Å². The van der Waals surface area contributed by atoms with Crippen molar-refractivity contribution in [2.45, 2.75) is 0 Å². The molecule has 0 aliphatic rings. The third-order valence-corrected chi connectivity index (χ3v) is 3.44. The molecule has 6 heteroatoms. The van der Waals surface area contributed by atoms with Gasteiger partial charge in [-0.1, -0.05) is 15.9 Å². The summed E-state index contributed by atoms with van der Waals surface area (Å²) in [5.74, 6) is -0.482. The number of hydrogen-bond acceptors (Lipinski definition) is 3. The molecule has 0 bridgehead atoms. The van der Waals surface area contributed by atoms with Crippen LogP contribution >= 0.6 is 15.9 Å². The van der Waals surface area contributed by atoms with E-state index in [2.05, 4.69) is 26.6 Å². The molecule has 0 saturated carbocycles. The molecule has 0 fully saturated rings. The molecule has 0 aromatic heterocycles. The first kappa shape index (κ1) is 16.2. The van der Waals surface area contributed by atoms with Crippen molar-refractivity contribution in [1.82, 2.24) is 5.32 Å². The largest absolute Gasteiger partial charge is 0.395 e. The first-order chi connectivity index (χ1) is 10.6. The van der Waals surface area contributed by atoms with E-state index in [9.17, 15) is 9.59 Å². The van der Waals surface area contributed by atoms with Crippen LogP contribution in [0.5, 0.6) is 0 Å². The first-order valence-electron chi connectivity index (χ1n) is 6.66. The second kappa shape index (κ2) is 7.72. The number of rotatable bonds is 5. The molecule has 0 heterocycles. The second-order valence-corrected chi connectivity index (χ2v) is 5.43. The standard InChI is InChI=1S/C16H15BrN2O3/c17-13-5-1-12(2-6-13)16(22)19-14-7-3-11(4-8-14)15(21)18-9-10-20/h1-8,20H,9-10H2,(H,18,21)(H,19,22). The third-order valence-electron chi connectivity index (χ3n) is 2.91. The summed E-state index contributed by atoms with van der Waals surface area (Å²) in [5.41, 5.74) is 1.62. The summed E-state index contributed by atoms with van der Waals surface area (Å²) in [6.07, 6.45) is 0. The SMILES string of the molecule is O=C(NCCO)c1ccc(NC(=O)c2ccc(Br)cc2)cc1. The molecular formula is C16H15BrN2O3. The first-order valence-corrected chi connectivity index (χ1v) is 7.45. The van der Waals surface area contributed by atoms with E-state index in [0.717, 1.165) is 4.47 Å². The topological polar surface area (TPSA) is 78.4 Å². The molecule has 0 spiro atoms. The van der Waals surface area contributed by atoms with Gasteiger partial charge in [-0.3, -0.25) is 9.59 Å². The Hall–Kier alpha value is -2.18. The smallest absolute Gasteiger partial charge is 0.255 e. The number of anilines is 1. The van der Waals surface area contributed by atoms with Gasteiger partial charge in [-0.05, 0) is 48.5 Å². The lowest BCUT2D eigenvalue weighted by atomic mass is 10.1. The van der Waals surface area contributed by atoms with Crippen LogP contribution in [0, 0.1) is 0 Å². The van der Waals surface area contributed by atoms with Gasteiger partial charge in [0.05, 0.1) is 6.61 Å². The Kier molecular flexibility index (Phi) is 5.68. The quantitative estimate of drug-likeness (QED) is 0.764. The zero-order valence-electron chi connectivity index (χ0n) is 11.7. The number of aliphatic hydroxyl groups excluding tert-OH is 1. The number of carbonyl (C=O) groups excluding carboxylic acids is 2. The highest BCUT2D eigenvalue weighted by molar-refractivity contribution is 9.10. The van der Waals surface area contributed by atoms with Crippen molar-refractivity contribution in [2.24, 2.45) is 0 Å². The molecule has 3 N–H and O–H groups in total. The average molecular weight is 363 g/mol. The Morgan fingerprint density at radius 3 is 2.05 bits per heavy atom. The van der Waals surface area contributed by atoms with Gasteiger partial charge in [0, 0.05) is 27.8 Å². The molecule has 0 radical (unpaired) electrons. The molecule has 2 aromatic rings. The highest BCUT2D eigenvalue weighted by atomic mass is 79.9. The lowest BCUT2D eigenvalue weighted by molar-refractivity contribution is 0.0944. The van der Waals surface area contributed by atoms with Crippen molar-refractivity contribution < 1.29 is 14.7 Å². The van der Waals surface area contributed by atoms with Gasteiger partial charge in [-0.15, -0.1) is 0 Å². The van der Waals surface area contributed by atoms with E-state index >= 15 is 0 Å². The molecule has 0 atom stereocenters. The van der Waals surface area contributed by atoms with Crippen LogP contribution in [0.15, 0.2) is 53.0 Å². The number of carbonyl (C=O) groups is 2. The molecular weight excluding hydrogens is 348 g/mol. The number of aliphatic hydroxyl groups is 1. The van der Waals surface area contributed by atoms with Gasteiger partial charge < -0.3 is 15.7 Å².